The number of nitrogens with zero attached hydrogens (tertiary/aromatic N) is 2. The van der Waals surface area contributed by atoms with Gasteiger partial charge in [0.25, 0.3) is 5.91 Å². The summed E-state index contributed by atoms with van der Waals surface area (Å²) in [6.45, 7) is 2.60. The highest BCUT2D eigenvalue weighted by atomic mass is 16.1. The van der Waals surface area contributed by atoms with Gasteiger partial charge >= 0.3 is 0 Å². The smallest absolute Gasteiger partial charge is 0.251 e. The lowest BCUT2D eigenvalue weighted by molar-refractivity contribution is 0.0950. The van der Waals surface area contributed by atoms with Crippen molar-refractivity contribution in [2.24, 2.45) is 0 Å². The largest absolute Gasteiger partial charge is 0.348 e. The Balaban J connectivity index is 1.42. The second-order valence-electron chi connectivity index (χ2n) is 7.56. The number of nitriles is 1. The molecule has 0 spiro atoms. The normalized spacial score (nSPS) is 17.3. The zero-order valence-corrected chi connectivity index (χ0v) is 15.6. The first-order valence-corrected chi connectivity index (χ1v) is 9.86. The number of nitrogens with one attached hydrogen (secondary N) is 1. The lowest BCUT2D eigenvalue weighted by atomic mass is 9.91. The monoisotopic (exact) mass is 359 g/mol. The van der Waals surface area contributed by atoms with Crippen molar-refractivity contribution in [1.82, 2.24) is 10.2 Å². The molecule has 0 radical (unpaired) electrons. The molecule has 138 valence electrons. The molecule has 1 fully saturated rings. The molecule has 1 amide bonds. The van der Waals surface area contributed by atoms with Gasteiger partial charge in [-0.1, -0.05) is 30.7 Å². The number of hydrogen-bond acceptors (Lipinski definition) is 3. The molecule has 1 aliphatic carbocycles. The second kappa shape index (κ2) is 7.94. The van der Waals surface area contributed by atoms with Gasteiger partial charge in [-0.05, 0) is 60.6 Å². The van der Waals surface area contributed by atoms with E-state index >= 15 is 0 Å². The number of hydrogen-bond donors (Lipinski definition) is 1. The van der Waals surface area contributed by atoms with Gasteiger partial charge in [-0.2, -0.15) is 5.26 Å². The molecular weight excluding hydrogens is 334 g/mol. The molecule has 0 aromatic heterocycles. The van der Waals surface area contributed by atoms with Gasteiger partial charge in [0.15, 0.2) is 0 Å². The highest BCUT2D eigenvalue weighted by Crippen LogP contribution is 2.27. The summed E-state index contributed by atoms with van der Waals surface area (Å²) in [5, 5.41) is 12.1. The Labute approximate surface area is 160 Å². The fourth-order valence-electron chi connectivity index (χ4n) is 4.06. The van der Waals surface area contributed by atoms with Crippen LogP contribution in [0.3, 0.4) is 0 Å². The lowest BCUT2D eigenvalue weighted by Gasteiger charge is -2.36. The molecule has 2 aromatic rings. The third-order valence-corrected chi connectivity index (χ3v) is 5.97. The fraction of sp³-hybridized carbons (Fsp3) is 0.391. The zero-order valence-electron chi connectivity index (χ0n) is 15.6. The van der Waals surface area contributed by atoms with Crippen molar-refractivity contribution < 1.29 is 4.79 Å². The van der Waals surface area contributed by atoms with E-state index in [0.717, 1.165) is 37.5 Å². The van der Waals surface area contributed by atoms with Crippen LogP contribution in [0.1, 0.15) is 51.9 Å². The van der Waals surface area contributed by atoms with Crippen LogP contribution in [0, 0.1) is 11.3 Å². The van der Waals surface area contributed by atoms with Crippen LogP contribution in [-0.4, -0.2) is 29.9 Å². The molecule has 4 heteroatoms. The van der Waals surface area contributed by atoms with E-state index in [9.17, 15) is 10.1 Å². The van der Waals surface area contributed by atoms with Crippen LogP contribution in [0.5, 0.6) is 0 Å². The van der Waals surface area contributed by atoms with Crippen LogP contribution in [-0.2, 0) is 19.4 Å². The van der Waals surface area contributed by atoms with Crippen molar-refractivity contribution in [3.05, 3.63) is 70.3 Å². The number of carbonyl (C=O) groups excluding carboxylic acids is 1. The minimum Gasteiger partial charge on any atom is -0.348 e. The molecule has 0 bridgehead atoms. The third-order valence-electron chi connectivity index (χ3n) is 5.97. The maximum atomic E-state index is 12.6. The van der Waals surface area contributed by atoms with Crippen molar-refractivity contribution in [1.29, 1.82) is 5.26 Å². The van der Waals surface area contributed by atoms with Gasteiger partial charge in [-0.3, -0.25) is 9.69 Å². The highest BCUT2D eigenvalue weighted by Gasteiger charge is 2.26. The molecule has 0 unspecified atom stereocenters. The van der Waals surface area contributed by atoms with Crippen LogP contribution < -0.4 is 5.32 Å². The summed E-state index contributed by atoms with van der Waals surface area (Å²) in [6.07, 6.45) is 6.14. The fourth-order valence-corrected chi connectivity index (χ4v) is 4.06. The van der Waals surface area contributed by atoms with Crippen molar-refractivity contribution >= 4 is 5.91 Å². The second-order valence-corrected chi connectivity index (χ2v) is 7.56. The van der Waals surface area contributed by atoms with E-state index in [2.05, 4.69) is 28.4 Å². The van der Waals surface area contributed by atoms with Gasteiger partial charge in [-0.25, -0.2) is 0 Å². The SMILES string of the molecule is N#Cc1ccccc1CNC(=O)c1ccc2c(c1)CCN(C1CCC1)CC2. The Morgan fingerprint density at radius 3 is 2.63 bits per heavy atom. The molecule has 2 aliphatic rings. The molecular formula is C23H25N3O. The lowest BCUT2D eigenvalue weighted by Crippen LogP contribution is -2.41. The minimum atomic E-state index is -0.0781. The molecule has 1 aliphatic heterocycles. The molecule has 0 atom stereocenters. The van der Waals surface area contributed by atoms with Crippen LogP contribution in [0.25, 0.3) is 0 Å². The first-order valence-electron chi connectivity index (χ1n) is 9.86. The Morgan fingerprint density at radius 1 is 1.11 bits per heavy atom. The summed E-state index contributed by atoms with van der Waals surface area (Å²) in [7, 11) is 0. The first kappa shape index (κ1) is 17.8. The topological polar surface area (TPSA) is 56.1 Å². The van der Waals surface area contributed by atoms with Gasteiger partial charge in [-0.15, -0.1) is 0 Å². The van der Waals surface area contributed by atoms with Gasteiger partial charge in [0.2, 0.25) is 0 Å². The van der Waals surface area contributed by atoms with E-state index in [4.69, 9.17) is 0 Å². The average molecular weight is 359 g/mol. The van der Waals surface area contributed by atoms with Crippen molar-refractivity contribution in [2.75, 3.05) is 13.1 Å². The van der Waals surface area contributed by atoms with Gasteiger partial charge in [0.1, 0.15) is 0 Å². The Morgan fingerprint density at radius 2 is 1.89 bits per heavy atom. The highest BCUT2D eigenvalue weighted by molar-refractivity contribution is 5.94. The van der Waals surface area contributed by atoms with Crippen LogP contribution in [0.2, 0.25) is 0 Å². The molecule has 0 saturated heterocycles. The third kappa shape index (κ3) is 3.89. The summed E-state index contributed by atoms with van der Waals surface area (Å²) in [4.78, 5) is 15.2. The molecule has 1 saturated carbocycles. The summed E-state index contributed by atoms with van der Waals surface area (Å²) < 4.78 is 0. The molecule has 4 rings (SSSR count). The summed E-state index contributed by atoms with van der Waals surface area (Å²) in [5.74, 6) is -0.0781. The van der Waals surface area contributed by atoms with Gasteiger partial charge < -0.3 is 5.32 Å². The molecule has 1 N–H and O–H groups in total. The van der Waals surface area contributed by atoms with Crippen LogP contribution >= 0.6 is 0 Å². The maximum Gasteiger partial charge on any atom is 0.251 e. The predicted molar refractivity (Wildman–Crippen MR) is 105 cm³/mol. The quantitative estimate of drug-likeness (QED) is 0.910. The average Bonchev–Trinajstić information content (AvgIpc) is 2.87. The molecule has 4 nitrogen and oxygen atoms in total. The number of amides is 1. The Hall–Kier alpha value is -2.64. The van der Waals surface area contributed by atoms with E-state index in [1.165, 1.54) is 30.4 Å². The number of benzene rings is 2. The van der Waals surface area contributed by atoms with Gasteiger partial charge in [0, 0.05) is 31.2 Å². The van der Waals surface area contributed by atoms with Crippen LogP contribution in [0.4, 0.5) is 0 Å². The number of rotatable bonds is 4. The molecule has 27 heavy (non-hydrogen) atoms. The summed E-state index contributed by atoms with van der Waals surface area (Å²) in [5.41, 5.74) is 4.85. The molecule has 1 heterocycles. The Bertz CT molecular complexity index is 879. The van der Waals surface area contributed by atoms with Crippen molar-refractivity contribution in [2.45, 2.75) is 44.7 Å². The van der Waals surface area contributed by atoms with Crippen molar-refractivity contribution in [3.63, 3.8) is 0 Å². The van der Waals surface area contributed by atoms with E-state index < -0.39 is 0 Å². The van der Waals surface area contributed by atoms with E-state index in [1.54, 1.807) is 6.07 Å². The zero-order chi connectivity index (χ0) is 18.6. The maximum absolute atomic E-state index is 12.6. The van der Waals surface area contributed by atoms with E-state index in [1.807, 2.05) is 24.3 Å². The van der Waals surface area contributed by atoms with Gasteiger partial charge in [0.05, 0.1) is 11.6 Å². The summed E-state index contributed by atoms with van der Waals surface area (Å²) >= 11 is 0. The first-order chi connectivity index (χ1) is 13.2. The van der Waals surface area contributed by atoms with Crippen LogP contribution in [0.15, 0.2) is 42.5 Å². The summed E-state index contributed by atoms with van der Waals surface area (Å²) in [6, 6.07) is 16.5. The standard InChI is InChI=1S/C23H25N3O/c24-15-20-4-1-2-5-21(20)16-25-23(27)19-9-8-17-10-12-26(22-6-3-7-22)13-11-18(17)14-19/h1-2,4-5,8-9,14,22H,3,6-7,10-13,16H2,(H,25,27). The number of carbonyl (C=O) groups is 1. The van der Waals surface area contributed by atoms with Crippen molar-refractivity contribution in [3.8, 4) is 6.07 Å². The van der Waals surface area contributed by atoms with E-state index in [-0.39, 0.29) is 5.91 Å². The molecule has 2 aromatic carbocycles. The predicted octanol–water partition coefficient (Wildman–Crippen LogP) is 3.44. The Kier molecular flexibility index (Phi) is 5.22. The van der Waals surface area contributed by atoms with E-state index in [0.29, 0.717) is 17.7 Å². The number of fused-ring (bicyclic) bond motifs is 1. The minimum absolute atomic E-state index is 0.0781.